The number of nitrogens with zero attached hydrogens (tertiary/aromatic N) is 1. The van der Waals surface area contributed by atoms with Gasteiger partial charge in [0.15, 0.2) is 0 Å². The third-order valence-corrected chi connectivity index (χ3v) is 13.6. The highest BCUT2D eigenvalue weighted by Crippen LogP contribution is 2.56. The molecule has 0 amide bonds. The number of benzene rings is 6. The van der Waals surface area contributed by atoms with E-state index < -0.39 is 12.6 Å². The van der Waals surface area contributed by atoms with E-state index in [-0.39, 0.29) is 12.7 Å². The minimum atomic E-state index is -0.859. The van der Waals surface area contributed by atoms with E-state index in [9.17, 15) is 5.02 Å². The Hall–Kier alpha value is -5.19. The first kappa shape index (κ1) is 41.5. The lowest BCUT2D eigenvalue weighted by Gasteiger charge is -2.50. The second-order valence-corrected chi connectivity index (χ2v) is 18.4. The number of hydrazine groups is 1. The van der Waals surface area contributed by atoms with Crippen molar-refractivity contribution in [2.75, 3.05) is 0 Å². The van der Waals surface area contributed by atoms with E-state index in [2.05, 4.69) is 191 Å². The Morgan fingerprint density at radius 2 is 0.900 bits per heavy atom. The maximum Gasteiger partial charge on any atom is 0.431 e. The van der Waals surface area contributed by atoms with Crippen LogP contribution in [-0.2, 0) is 0 Å². The summed E-state index contributed by atoms with van der Waals surface area (Å²) in [6.07, 6.45) is 2.42. The van der Waals surface area contributed by atoms with Gasteiger partial charge in [-0.2, -0.15) is 0 Å². The van der Waals surface area contributed by atoms with Gasteiger partial charge in [0.25, 0.3) is 6.85 Å². The lowest BCUT2D eigenvalue weighted by atomic mass is 9.38. The smallest absolute Gasteiger partial charge is 0.431 e. The highest BCUT2D eigenvalue weighted by Gasteiger charge is 2.63. The monoisotopic (exact) mass is 786 g/mol. The van der Waals surface area contributed by atoms with E-state index in [1.54, 1.807) is 0 Å². The van der Waals surface area contributed by atoms with Crippen molar-refractivity contribution in [1.29, 1.82) is 0 Å². The molecule has 1 fully saturated rings. The molecule has 60 heavy (non-hydrogen) atoms. The molecule has 0 radical (unpaired) electrons. The van der Waals surface area contributed by atoms with Crippen LogP contribution in [0.5, 0.6) is 0 Å². The molecule has 2 heterocycles. The number of hydrogen-bond donors (Lipinski definition) is 2. The van der Waals surface area contributed by atoms with Crippen LogP contribution in [0, 0.1) is 69.2 Å². The van der Waals surface area contributed by atoms with Crippen LogP contribution < -0.4 is 16.3 Å². The fourth-order valence-electron chi connectivity index (χ4n) is 11.9. The molecule has 3 aliphatic rings. The first-order chi connectivity index (χ1) is 28.5. The van der Waals surface area contributed by atoms with Crippen LogP contribution in [0.4, 0.5) is 0 Å². The maximum absolute atomic E-state index is 12.9. The SMILES string of the molecule is CC1=CC(C)=C2c3cccc(-c4c(C)cc(C)cc4C)c3B(O)N3NB(c4c(-c5c(C)cc(C)cc5C)cccc4-c4c(C)cc(C)cc4C)[C@H]1[C@]23C.Cc1ccccc1. The van der Waals surface area contributed by atoms with Crippen molar-refractivity contribution in [3.05, 3.63) is 182 Å². The van der Waals surface area contributed by atoms with Gasteiger partial charge in [-0.05, 0) is 184 Å². The maximum atomic E-state index is 12.9. The summed E-state index contributed by atoms with van der Waals surface area (Å²) in [5.74, 6) is 0.0625. The van der Waals surface area contributed by atoms with Gasteiger partial charge in [0, 0.05) is 5.82 Å². The molecule has 0 saturated carbocycles. The molecule has 302 valence electrons. The number of allylic oxidation sites excluding steroid dienone is 2. The molecule has 2 atom stereocenters. The van der Waals surface area contributed by atoms with Gasteiger partial charge in [-0.25, -0.2) is 0 Å². The van der Waals surface area contributed by atoms with Gasteiger partial charge in [-0.3, -0.25) is 10.3 Å². The van der Waals surface area contributed by atoms with E-state index in [1.807, 2.05) is 18.2 Å². The number of nitrogens with one attached hydrogen (secondary N) is 1. The van der Waals surface area contributed by atoms with Crippen LogP contribution in [0.2, 0.25) is 5.82 Å². The summed E-state index contributed by atoms with van der Waals surface area (Å²) in [4.78, 5) is 2.23. The predicted molar refractivity (Wildman–Crippen MR) is 259 cm³/mol. The zero-order valence-electron chi connectivity index (χ0n) is 38.0. The third kappa shape index (κ3) is 6.76. The Morgan fingerprint density at radius 3 is 1.30 bits per heavy atom. The molecule has 9 rings (SSSR count). The van der Waals surface area contributed by atoms with Crippen LogP contribution in [0.15, 0.2) is 120 Å². The first-order valence-electron chi connectivity index (χ1n) is 21.7. The quantitative estimate of drug-likeness (QED) is 0.175. The van der Waals surface area contributed by atoms with Crippen LogP contribution >= 0.6 is 0 Å². The van der Waals surface area contributed by atoms with Crippen molar-refractivity contribution in [1.82, 2.24) is 10.3 Å². The lowest BCUT2D eigenvalue weighted by Crippen LogP contribution is -2.66. The minimum absolute atomic E-state index is 0.0625. The van der Waals surface area contributed by atoms with Gasteiger partial charge in [-0.15, -0.1) is 0 Å². The van der Waals surface area contributed by atoms with Gasteiger partial charge in [0.05, 0.1) is 5.54 Å². The number of rotatable bonds is 4. The average molecular weight is 787 g/mol. The van der Waals surface area contributed by atoms with Crippen molar-refractivity contribution in [2.45, 2.75) is 101 Å². The van der Waals surface area contributed by atoms with Crippen LogP contribution in [0.3, 0.4) is 0 Å². The first-order valence-corrected chi connectivity index (χ1v) is 21.7. The molecule has 1 saturated heterocycles. The Bertz CT molecular complexity index is 2620. The zero-order chi connectivity index (χ0) is 42.9. The highest BCUT2D eigenvalue weighted by atomic mass is 16.2. The molecular formula is C55H60B2N2O. The van der Waals surface area contributed by atoms with E-state index in [1.165, 1.54) is 106 Å². The molecule has 0 unspecified atom stereocenters. The molecule has 2 aliphatic heterocycles. The Morgan fingerprint density at radius 1 is 0.500 bits per heavy atom. The normalized spacial score (nSPS) is 18.2. The third-order valence-electron chi connectivity index (χ3n) is 13.6. The molecule has 0 aromatic heterocycles. The topological polar surface area (TPSA) is 35.5 Å². The van der Waals surface area contributed by atoms with Gasteiger partial charge in [-0.1, -0.05) is 137 Å². The number of hydrogen-bond acceptors (Lipinski definition) is 3. The molecule has 2 N–H and O–H groups in total. The Labute approximate surface area is 360 Å². The van der Waals surface area contributed by atoms with Crippen LogP contribution in [0.25, 0.3) is 39.0 Å². The molecule has 6 aromatic carbocycles. The van der Waals surface area contributed by atoms with Gasteiger partial charge < -0.3 is 5.02 Å². The molecule has 3 nitrogen and oxygen atoms in total. The second-order valence-electron chi connectivity index (χ2n) is 18.4. The van der Waals surface area contributed by atoms with Crippen molar-refractivity contribution in [3.8, 4) is 33.4 Å². The summed E-state index contributed by atoms with van der Waals surface area (Å²) in [6, 6.07) is 37.6. The molecule has 5 heteroatoms. The van der Waals surface area contributed by atoms with Gasteiger partial charge in [0.1, 0.15) is 0 Å². The predicted octanol–water partition coefficient (Wildman–Crippen LogP) is 11.7. The summed E-state index contributed by atoms with van der Waals surface area (Å²) < 4.78 is 0. The van der Waals surface area contributed by atoms with Crippen molar-refractivity contribution in [3.63, 3.8) is 0 Å². The molecular weight excluding hydrogens is 726 g/mol. The molecule has 0 bridgehead atoms. The fraction of sp³-hybridized carbons (Fsp3) is 0.273. The fourth-order valence-corrected chi connectivity index (χ4v) is 11.9. The molecule has 6 aromatic rings. The van der Waals surface area contributed by atoms with Crippen molar-refractivity contribution < 1.29 is 5.02 Å². The largest absolute Gasteiger partial charge is 0.433 e. The Balaban J connectivity index is 0.000000648. The Kier molecular flexibility index (Phi) is 10.9. The minimum Gasteiger partial charge on any atom is -0.433 e. The van der Waals surface area contributed by atoms with Crippen molar-refractivity contribution >= 4 is 30.4 Å². The van der Waals surface area contributed by atoms with E-state index in [0.717, 1.165) is 16.6 Å². The zero-order valence-corrected chi connectivity index (χ0v) is 38.0. The van der Waals surface area contributed by atoms with E-state index in [0.29, 0.717) is 0 Å². The van der Waals surface area contributed by atoms with Crippen LogP contribution in [-0.4, -0.2) is 29.4 Å². The van der Waals surface area contributed by atoms with Gasteiger partial charge >= 0.3 is 7.05 Å². The summed E-state index contributed by atoms with van der Waals surface area (Å²) in [5, 5.41) is 17.0. The lowest BCUT2D eigenvalue weighted by molar-refractivity contribution is 0.240. The molecule has 0 spiro atoms. The summed E-state index contributed by atoms with van der Waals surface area (Å²) in [6.45, 7) is 28.9. The standard InChI is InChI=1S/C48H52B2N2O.C7H8/c1-26-19-29(4)41(30(5)20-26)37-15-13-16-38(42-31(6)21-27(2)22-32(42)7)45(37)49-47-36(11)25-35(10)44-40-18-14-17-39(43-33(8)23-28(3)24-34(43)9)46(40)50(53)52(51-49)48(44,47)12;1-7-5-3-2-4-6-7/h13-25,47,51,53H,1-12H3;2-6H,1H3/t47-,48+;/m1./s1. The number of fused-ring (bicyclic) bond motifs is 2. The molecule has 1 aliphatic carbocycles. The van der Waals surface area contributed by atoms with Crippen LogP contribution in [0.1, 0.15) is 82.0 Å². The van der Waals surface area contributed by atoms with Gasteiger partial charge in [0.2, 0.25) is 0 Å². The second kappa shape index (κ2) is 15.7. The summed E-state index contributed by atoms with van der Waals surface area (Å²) in [7, 11) is -0.859. The summed E-state index contributed by atoms with van der Waals surface area (Å²) >= 11 is 0. The number of aryl methyl sites for hydroxylation is 10. The average Bonchev–Trinajstić information content (AvgIpc) is 3.48. The van der Waals surface area contributed by atoms with E-state index in [4.69, 9.17) is 0 Å². The summed E-state index contributed by atoms with van der Waals surface area (Å²) in [5.41, 5.74) is 27.0. The highest BCUT2D eigenvalue weighted by molar-refractivity contribution is 6.79. The van der Waals surface area contributed by atoms with E-state index >= 15 is 0 Å². The van der Waals surface area contributed by atoms with Crippen molar-refractivity contribution in [2.24, 2.45) is 0 Å².